The second-order valence-corrected chi connectivity index (χ2v) is 7.49. The normalized spacial score (nSPS) is 17.8. The fourth-order valence-corrected chi connectivity index (χ4v) is 4.51. The summed E-state index contributed by atoms with van der Waals surface area (Å²) in [5, 5.41) is 3.82. The average molecular weight is 306 g/mol. The van der Waals surface area contributed by atoms with E-state index in [9.17, 15) is 0 Å². The molecule has 0 amide bonds. The minimum absolute atomic E-state index is 0.722. The van der Waals surface area contributed by atoms with Crippen LogP contribution >= 0.6 is 11.8 Å². The molecular formula is C19H31NS. The van der Waals surface area contributed by atoms with E-state index in [0.717, 1.165) is 17.7 Å². The molecule has 1 atom stereocenters. The molecule has 0 aromatic heterocycles. The fraction of sp³-hybridized carbons (Fsp3) is 0.684. The zero-order valence-corrected chi connectivity index (χ0v) is 14.6. The first-order valence-electron chi connectivity index (χ1n) is 8.66. The third-order valence-electron chi connectivity index (χ3n) is 4.52. The van der Waals surface area contributed by atoms with E-state index in [2.05, 4.69) is 55.2 Å². The number of benzene rings is 1. The Morgan fingerprint density at radius 2 is 2.05 bits per heavy atom. The molecule has 1 unspecified atom stereocenters. The zero-order chi connectivity index (χ0) is 14.9. The molecule has 0 spiro atoms. The Balaban J connectivity index is 1.80. The Kier molecular flexibility index (Phi) is 7.66. The molecule has 1 aliphatic carbocycles. The highest BCUT2D eigenvalue weighted by Gasteiger charge is 2.22. The van der Waals surface area contributed by atoms with Gasteiger partial charge < -0.3 is 5.32 Å². The zero-order valence-electron chi connectivity index (χ0n) is 13.7. The molecule has 1 aliphatic rings. The summed E-state index contributed by atoms with van der Waals surface area (Å²) in [4.78, 5) is 0. The standard InChI is InChI=1S/C19H31NS/c1-3-12-20-19(18-10-5-4-6-11-18)15-21-14-17-9-7-8-16(2)13-17/h7-9,13,18-20H,3-6,10-12,14-15H2,1-2H3. The van der Waals surface area contributed by atoms with Crippen LogP contribution in [0.15, 0.2) is 24.3 Å². The van der Waals surface area contributed by atoms with Crippen molar-refractivity contribution in [3.05, 3.63) is 35.4 Å². The van der Waals surface area contributed by atoms with Crippen LogP contribution in [-0.2, 0) is 5.75 Å². The Labute approximate surface area is 135 Å². The third-order valence-corrected chi connectivity index (χ3v) is 5.66. The number of aryl methyl sites for hydroxylation is 1. The molecule has 0 saturated heterocycles. The molecular weight excluding hydrogens is 274 g/mol. The maximum Gasteiger partial charge on any atom is 0.0186 e. The monoisotopic (exact) mass is 305 g/mol. The van der Waals surface area contributed by atoms with Crippen molar-refractivity contribution in [2.45, 2.75) is 64.2 Å². The number of hydrogen-bond donors (Lipinski definition) is 1. The van der Waals surface area contributed by atoms with Gasteiger partial charge in [-0.2, -0.15) is 11.8 Å². The summed E-state index contributed by atoms with van der Waals surface area (Å²) in [6.45, 7) is 5.62. The lowest BCUT2D eigenvalue weighted by Gasteiger charge is -2.31. The van der Waals surface area contributed by atoms with Crippen LogP contribution < -0.4 is 5.32 Å². The second kappa shape index (κ2) is 9.53. The molecule has 0 bridgehead atoms. The average Bonchev–Trinajstić information content (AvgIpc) is 2.51. The van der Waals surface area contributed by atoms with Gasteiger partial charge in [-0.25, -0.2) is 0 Å². The van der Waals surface area contributed by atoms with Gasteiger partial charge in [0.05, 0.1) is 0 Å². The van der Waals surface area contributed by atoms with E-state index in [-0.39, 0.29) is 0 Å². The Morgan fingerprint density at radius 3 is 2.76 bits per heavy atom. The van der Waals surface area contributed by atoms with E-state index in [1.54, 1.807) is 0 Å². The Bertz CT molecular complexity index is 398. The van der Waals surface area contributed by atoms with Crippen molar-refractivity contribution < 1.29 is 0 Å². The van der Waals surface area contributed by atoms with Crippen molar-refractivity contribution in [3.8, 4) is 0 Å². The first kappa shape index (κ1) is 16.9. The highest BCUT2D eigenvalue weighted by Crippen LogP contribution is 2.28. The molecule has 0 heterocycles. The summed E-state index contributed by atoms with van der Waals surface area (Å²) in [6.07, 6.45) is 8.45. The van der Waals surface area contributed by atoms with Crippen LogP contribution in [0.4, 0.5) is 0 Å². The van der Waals surface area contributed by atoms with Crippen molar-refractivity contribution in [3.63, 3.8) is 0 Å². The summed E-state index contributed by atoms with van der Waals surface area (Å²) < 4.78 is 0. The number of rotatable bonds is 8. The van der Waals surface area contributed by atoms with Gasteiger partial charge in [0.1, 0.15) is 0 Å². The predicted molar refractivity (Wildman–Crippen MR) is 96.0 cm³/mol. The Morgan fingerprint density at radius 1 is 1.24 bits per heavy atom. The molecule has 118 valence electrons. The van der Waals surface area contributed by atoms with Crippen LogP contribution in [0.2, 0.25) is 0 Å². The van der Waals surface area contributed by atoms with Gasteiger partial charge in [0.2, 0.25) is 0 Å². The van der Waals surface area contributed by atoms with Crippen LogP contribution in [0.1, 0.15) is 56.6 Å². The van der Waals surface area contributed by atoms with E-state index in [0.29, 0.717) is 0 Å². The first-order valence-corrected chi connectivity index (χ1v) is 9.81. The molecule has 1 aromatic rings. The van der Waals surface area contributed by atoms with E-state index >= 15 is 0 Å². The lowest BCUT2D eigenvalue weighted by Crippen LogP contribution is -2.39. The molecule has 1 saturated carbocycles. The van der Waals surface area contributed by atoms with Gasteiger partial charge in [-0.05, 0) is 44.2 Å². The number of hydrogen-bond acceptors (Lipinski definition) is 2. The summed E-state index contributed by atoms with van der Waals surface area (Å²) in [6, 6.07) is 9.66. The van der Waals surface area contributed by atoms with Crippen molar-refractivity contribution in [1.29, 1.82) is 0 Å². The van der Waals surface area contributed by atoms with Crippen LogP contribution in [0.25, 0.3) is 0 Å². The van der Waals surface area contributed by atoms with Crippen molar-refractivity contribution >= 4 is 11.8 Å². The smallest absolute Gasteiger partial charge is 0.0186 e. The fourth-order valence-electron chi connectivity index (χ4n) is 3.33. The van der Waals surface area contributed by atoms with Gasteiger partial charge in [0, 0.05) is 17.5 Å². The van der Waals surface area contributed by atoms with Gasteiger partial charge in [-0.15, -0.1) is 0 Å². The lowest BCUT2D eigenvalue weighted by atomic mass is 9.84. The van der Waals surface area contributed by atoms with E-state index in [1.807, 2.05) is 0 Å². The van der Waals surface area contributed by atoms with E-state index < -0.39 is 0 Å². The SMILES string of the molecule is CCCNC(CSCc1cccc(C)c1)C1CCCCC1. The minimum atomic E-state index is 0.722. The van der Waals surface area contributed by atoms with Crippen molar-refractivity contribution in [1.82, 2.24) is 5.32 Å². The highest BCUT2D eigenvalue weighted by molar-refractivity contribution is 7.98. The Hall–Kier alpha value is -0.470. The van der Waals surface area contributed by atoms with Gasteiger partial charge >= 0.3 is 0 Å². The van der Waals surface area contributed by atoms with Crippen molar-refractivity contribution in [2.75, 3.05) is 12.3 Å². The van der Waals surface area contributed by atoms with Gasteiger partial charge in [0.15, 0.2) is 0 Å². The van der Waals surface area contributed by atoms with Crippen LogP contribution in [0.5, 0.6) is 0 Å². The molecule has 1 nitrogen and oxygen atoms in total. The van der Waals surface area contributed by atoms with Crippen molar-refractivity contribution in [2.24, 2.45) is 5.92 Å². The largest absolute Gasteiger partial charge is 0.313 e. The second-order valence-electron chi connectivity index (χ2n) is 6.46. The number of thioether (sulfide) groups is 1. The molecule has 0 radical (unpaired) electrons. The molecule has 2 rings (SSSR count). The van der Waals surface area contributed by atoms with E-state index in [4.69, 9.17) is 0 Å². The number of nitrogens with one attached hydrogen (secondary N) is 1. The first-order chi connectivity index (χ1) is 10.3. The predicted octanol–water partition coefficient (Wildman–Crippen LogP) is 5.18. The minimum Gasteiger partial charge on any atom is -0.313 e. The van der Waals surface area contributed by atoms with Crippen LogP contribution in [0.3, 0.4) is 0 Å². The summed E-state index contributed by atoms with van der Waals surface area (Å²) >= 11 is 2.10. The van der Waals surface area contributed by atoms with E-state index in [1.165, 1.54) is 61.9 Å². The molecule has 1 aromatic carbocycles. The maximum atomic E-state index is 3.82. The topological polar surface area (TPSA) is 12.0 Å². The highest BCUT2D eigenvalue weighted by atomic mass is 32.2. The molecule has 1 N–H and O–H groups in total. The van der Waals surface area contributed by atoms with Crippen LogP contribution in [-0.4, -0.2) is 18.3 Å². The molecule has 21 heavy (non-hydrogen) atoms. The maximum absolute atomic E-state index is 3.82. The lowest BCUT2D eigenvalue weighted by molar-refractivity contribution is 0.285. The molecule has 2 heteroatoms. The van der Waals surface area contributed by atoms with Gasteiger partial charge in [-0.1, -0.05) is 56.0 Å². The summed E-state index contributed by atoms with van der Waals surface area (Å²) in [5.41, 5.74) is 2.85. The van der Waals surface area contributed by atoms with Gasteiger partial charge in [0.25, 0.3) is 0 Å². The van der Waals surface area contributed by atoms with Gasteiger partial charge in [-0.3, -0.25) is 0 Å². The molecule has 1 fully saturated rings. The van der Waals surface area contributed by atoms with Crippen LogP contribution in [0, 0.1) is 12.8 Å². The molecule has 0 aliphatic heterocycles. The summed E-state index contributed by atoms with van der Waals surface area (Å²) in [7, 11) is 0. The third kappa shape index (κ3) is 6.04. The quantitative estimate of drug-likeness (QED) is 0.710. The summed E-state index contributed by atoms with van der Waals surface area (Å²) in [5.74, 6) is 3.33.